The van der Waals surface area contributed by atoms with Crippen LogP contribution in [-0.2, 0) is 19.1 Å². The molecular weight excluding hydrogens is 496 g/mol. The molecule has 0 aliphatic carbocycles. The van der Waals surface area contributed by atoms with Gasteiger partial charge in [-0.25, -0.2) is 4.68 Å². The number of imide groups is 1. The molecule has 0 spiro atoms. The minimum absolute atomic E-state index is 0.00969. The SMILES string of the molecule is CCOc1ccc(-c2nn(-c3ccccc3)cc2/C=C2/C(=O)N(CCCOC(C)=O)C(=O)C(C#N)=C2C)cc1. The van der Waals surface area contributed by atoms with Gasteiger partial charge in [-0.3, -0.25) is 19.3 Å². The third kappa shape index (κ3) is 5.96. The van der Waals surface area contributed by atoms with E-state index in [1.807, 2.05) is 73.8 Å². The van der Waals surface area contributed by atoms with Crippen LogP contribution in [0.5, 0.6) is 5.75 Å². The zero-order valence-corrected chi connectivity index (χ0v) is 22.0. The second-order valence-electron chi connectivity index (χ2n) is 8.80. The van der Waals surface area contributed by atoms with Crippen molar-refractivity contribution >= 4 is 23.9 Å². The van der Waals surface area contributed by atoms with Gasteiger partial charge in [0.2, 0.25) is 0 Å². The molecule has 1 aliphatic rings. The Labute approximate surface area is 226 Å². The summed E-state index contributed by atoms with van der Waals surface area (Å²) >= 11 is 0. The van der Waals surface area contributed by atoms with Crippen molar-refractivity contribution in [1.29, 1.82) is 5.26 Å². The van der Waals surface area contributed by atoms with Gasteiger partial charge in [0.25, 0.3) is 11.8 Å². The summed E-state index contributed by atoms with van der Waals surface area (Å²) in [6, 6.07) is 19.0. The lowest BCUT2D eigenvalue weighted by Crippen LogP contribution is -2.43. The quantitative estimate of drug-likeness (QED) is 0.175. The maximum absolute atomic E-state index is 13.5. The highest BCUT2D eigenvalue weighted by molar-refractivity contribution is 6.19. The molecule has 0 bridgehead atoms. The van der Waals surface area contributed by atoms with Gasteiger partial charge in [-0.1, -0.05) is 18.2 Å². The number of ether oxygens (including phenoxy) is 2. The van der Waals surface area contributed by atoms with E-state index in [2.05, 4.69) is 0 Å². The van der Waals surface area contributed by atoms with E-state index >= 15 is 0 Å². The molecule has 198 valence electrons. The van der Waals surface area contributed by atoms with Crippen LogP contribution in [0.3, 0.4) is 0 Å². The summed E-state index contributed by atoms with van der Waals surface area (Å²) in [5.74, 6) is -0.903. The van der Waals surface area contributed by atoms with Crippen molar-refractivity contribution in [3.63, 3.8) is 0 Å². The smallest absolute Gasteiger partial charge is 0.302 e. The minimum Gasteiger partial charge on any atom is -0.494 e. The van der Waals surface area contributed by atoms with E-state index in [0.29, 0.717) is 23.4 Å². The molecule has 2 heterocycles. The summed E-state index contributed by atoms with van der Waals surface area (Å²) in [6.45, 7) is 5.41. The summed E-state index contributed by atoms with van der Waals surface area (Å²) in [5, 5.41) is 14.5. The molecule has 0 atom stereocenters. The Morgan fingerprint density at radius 2 is 1.79 bits per heavy atom. The van der Waals surface area contributed by atoms with Gasteiger partial charge in [0.05, 0.1) is 24.6 Å². The maximum Gasteiger partial charge on any atom is 0.302 e. The molecular formula is C30H28N4O5. The Hall–Kier alpha value is -4.97. The molecule has 3 aromatic rings. The largest absolute Gasteiger partial charge is 0.494 e. The third-order valence-corrected chi connectivity index (χ3v) is 6.16. The van der Waals surface area contributed by atoms with Crippen LogP contribution in [0.1, 0.15) is 32.8 Å². The van der Waals surface area contributed by atoms with Crippen LogP contribution in [-0.4, -0.2) is 52.2 Å². The number of carbonyl (C=O) groups is 3. The maximum atomic E-state index is 13.5. The number of amides is 2. The first-order chi connectivity index (χ1) is 18.8. The predicted molar refractivity (Wildman–Crippen MR) is 144 cm³/mol. The normalized spacial score (nSPS) is 14.5. The first kappa shape index (κ1) is 27.1. The Balaban J connectivity index is 1.79. The molecule has 0 N–H and O–H groups in total. The van der Waals surface area contributed by atoms with Crippen LogP contribution >= 0.6 is 0 Å². The number of hydrogen-bond acceptors (Lipinski definition) is 7. The van der Waals surface area contributed by atoms with E-state index in [1.165, 1.54) is 6.92 Å². The Morgan fingerprint density at radius 3 is 2.44 bits per heavy atom. The highest BCUT2D eigenvalue weighted by Crippen LogP contribution is 2.32. The average Bonchev–Trinajstić information content (AvgIpc) is 3.36. The second-order valence-corrected chi connectivity index (χ2v) is 8.80. The topological polar surface area (TPSA) is 115 Å². The summed E-state index contributed by atoms with van der Waals surface area (Å²) < 4.78 is 12.2. The fourth-order valence-corrected chi connectivity index (χ4v) is 4.23. The molecule has 1 aromatic heterocycles. The van der Waals surface area contributed by atoms with E-state index in [-0.39, 0.29) is 30.7 Å². The zero-order valence-electron chi connectivity index (χ0n) is 22.0. The van der Waals surface area contributed by atoms with Crippen molar-refractivity contribution in [2.75, 3.05) is 19.8 Å². The van der Waals surface area contributed by atoms with Gasteiger partial charge in [0, 0.05) is 36.4 Å². The first-order valence-corrected chi connectivity index (χ1v) is 12.5. The van der Waals surface area contributed by atoms with Crippen LogP contribution in [0.4, 0.5) is 0 Å². The Bertz CT molecular complexity index is 1490. The number of aromatic nitrogens is 2. The number of esters is 1. The van der Waals surface area contributed by atoms with Gasteiger partial charge in [-0.2, -0.15) is 10.4 Å². The Morgan fingerprint density at radius 1 is 1.08 bits per heavy atom. The molecule has 39 heavy (non-hydrogen) atoms. The summed E-state index contributed by atoms with van der Waals surface area (Å²) in [4.78, 5) is 38.6. The van der Waals surface area contributed by atoms with Gasteiger partial charge >= 0.3 is 5.97 Å². The number of para-hydroxylation sites is 1. The highest BCUT2D eigenvalue weighted by atomic mass is 16.5. The van der Waals surface area contributed by atoms with E-state index in [9.17, 15) is 19.6 Å². The van der Waals surface area contributed by atoms with Gasteiger partial charge in [-0.15, -0.1) is 0 Å². The van der Waals surface area contributed by atoms with Gasteiger partial charge in [0.15, 0.2) is 0 Å². The standard InChI is InChI=1S/C30H28N4O5/c1-4-38-25-13-11-22(12-14-25)28-23(19-34(32-28)24-9-6-5-7-10-24)17-26-20(2)27(18-31)30(37)33(29(26)36)15-8-16-39-21(3)35/h5-7,9-14,17,19H,4,8,15-16H2,1-3H3/b26-17+. The molecule has 0 fully saturated rings. The second kappa shape index (κ2) is 12.0. The molecule has 0 saturated heterocycles. The number of hydrogen-bond donors (Lipinski definition) is 0. The van der Waals surface area contributed by atoms with E-state index in [1.54, 1.807) is 17.7 Å². The predicted octanol–water partition coefficient (Wildman–Crippen LogP) is 4.48. The van der Waals surface area contributed by atoms with Crippen molar-refractivity contribution in [3.05, 3.63) is 83.1 Å². The third-order valence-electron chi connectivity index (χ3n) is 6.16. The number of nitriles is 1. The fourth-order valence-electron chi connectivity index (χ4n) is 4.23. The fraction of sp³-hybridized carbons (Fsp3) is 0.233. The number of carbonyl (C=O) groups excluding carboxylic acids is 3. The summed E-state index contributed by atoms with van der Waals surface area (Å²) in [7, 11) is 0. The summed E-state index contributed by atoms with van der Waals surface area (Å²) in [5.41, 5.74) is 3.30. The van der Waals surface area contributed by atoms with Crippen molar-refractivity contribution in [2.45, 2.75) is 27.2 Å². The van der Waals surface area contributed by atoms with Crippen molar-refractivity contribution in [1.82, 2.24) is 14.7 Å². The summed E-state index contributed by atoms with van der Waals surface area (Å²) in [6.07, 6.45) is 3.73. The molecule has 9 heteroatoms. The van der Waals surface area contributed by atoms with E-state index < -0.39 is 17.8 Å². The first-order valence-electron chi connectivity index (χ1n) is 12.5. The zero-order chi connectivity index (χ0) is 27.9. The Kier molecular flexibility index (Phi) is 8.37. The molecule has 1 aliphatic heterocycles. The number of rotatable bonds is 9. The van der Waals surface area contributed by atoms with Gasteiger partial charge in [0.1, 0.15) is 17.4 Å². The highest BCUT2D eigenvalue weighted by Gasteiger charge is 2.35. The lowest BCUT2D eigenvalue weighted by atomic mass is 9.93. The van der Waals surface area contributed by atoms with Gasteiger partial charge < -0.3 is 9.47 Å². The molecule has 0 radical (unpaired) electrons. The molecule has 9 nitrogen and oxygen atoms in total. The van der Waals surface area contributed by atoms with Crippen LogP contribution in [0.2, 0.25) is 0 Å². The molecule has 0 unspecified atom stereocenters. The lowest BCUT2D eigenvalue weighted by molar-refractivity contribution is -0.141. The lowest BCUT2D eigenvalue weighted by Gasteiger charge is -2.27. The molecule has 2 aromatic carbocycles. The minimum atomic E-state index is -0.660. The van der Waals surface area contributed by atoms with Crippen molar-refractivity contribution in [3.8, 4) is 28.8 Å². The molecule has 0 saturated carbocycles. The van der Waals surface area contributed by atoms with Crippen molar-refractivity contribution in [2.24, 2.45) is 0 Å². The van der Waals surface area contributed by atoms with Crippen molar-refractivity contribution < 1.29 is 23.9 Å². The van der Waals surface area contributed by atoms with Crippen LogP contribution in [0, 0.1) is 11.3 Å². The van der Waals surface area contributed by atoms with Gasteiger partial charge in [-0.05, 0) is 68.3 Å². The monoisotopic (exact) mass is 524 g/mol. The molecule has 4 rings (SSSR count). The van der Waals surface area contributed by atoms with Crippen LogP contribution < -0.4 is 4.74 Å². The number of benzene rings is 2. The molecule has 2 amide bonds. The average molecular weight is 525 g/mol. The van der Waals surface area contributed by atoms with E-state index in [0.717, 1.165) is 21.9 Å². The van der Waals surface area contributed by atoms with Crippen LogP contribution in [0.25, 0.3) is 23.0 Å². The van der Waals surface area contributed by atoms with Crippen LogP contribution in [0.15, 0.2) is 77.5 Å². The number of nitrogens with zero attached hydrogens (tertiary/aromatic N) is 4. The van der Waals surface area contributed by atoms with E-state index in [4.69, 9.17) is 14.6 Å².